The fraction of sp³-hybridized carbons (Fsp3) is 0.227. The van der Waals surface area contributed by atoms with E-state index in [-0.39, 0.29) is 5.69 Å². The number of carbonyl (C=O) groups is 2. The summed E-state index contributed by atoms with van der Waals surface area (Å²) < 4.78 is 3.77. The number of carboxylic acid groups (broad SMARTS) is 1. The van der Waals surface area contributed by atoms with Crippen LogP contribution >= 0.6 is 0 Å². The summed E-state index contributed by atoms with van der Waals surface area (Å²) in [6, 6.07) is 9.64. The van der Waals surface area contributed by atoms with Gasteiger partial charge < -0.3 is 10.4 Å². The van der Waals surface area contributed by atoms with Gasteiger partial charge in [0.15, 0.2) is 5.82 Å². The van der Waals surface area contributed by atoms with Crippen molar-refractivity contribution in [1.82, 2.24) is 29.2 Å². The van der Waals surface area contributed by atoms with Crippen molar-refractivity contribution in [3.8, 4) is 17.2 Å². The summed E-state index contributed by atoms with van der Waals surface area (Å²) in [6.45, 7) is 1.49. The molecule has 0 atom stereocenters. The van der Waals surface area contributed by atoms with E-state index in [1.165, 1.54) is 6.20 Å². The first kappa shape index (κ1) is 19.0. The standard InChI is InChI=1S/C22H20N6O3/c1-13-4-2-6-16(25-13)21-26-15-5-3-7-17(15)28(21)14-8-9-19-23-10-18(27(19)12-14)22(31)24-11-20(29)30/h2,4,6,8-10,12H,3,5,7,11H2,1H3,(H,24,31)(H,29,30). The van der Waals surface area contributed by atoms with Gasteiger partial charge in [0.05, 0.1) is 17.6 Å². The van der Waals surface area contributed by atoms with E-state index in [2.05, 4.69) is 19.9 Å². The number of amides is 1. The van der Waals surface area contributed by atoms with E-state index >= 15 is 0 Å². The number of nitrogens with one attached hydrogen (secondary N) is 1. The zero-order valence-electron chi connectivity index (χ0n) is 16.9. The Morgan fingerprint density at radius 3 is 2.84 bits per heavy atom. The molecule has 2 N–H and O–H groups in total. The number of hydrogen-bond acceptors (Lipinski definition) is 5. The Balaban J connectivity index is 1.64. The second-order valence-electron chi connectivity index (χ2n) is 7.52. The number of hydrogen-bond donors (Lipinski definition) is 2. The zero-order chi connectivity index (χ0) is 21.5. The Bertz CT molecular complexity index is 1340. The molecule has 0 aromatic carbocycles. The van der Waals surface area contributed by atoms with Crippen LogP contribution in [-0.4, -0.2) is 47.4 Å². The molecule has 9 nitrogen and oxygen atoms in total. The number of aryl methyl sites for hydroxylation is 2. The van der Waals surface area contributed by atoms with Crippen molar-refractivity contribution in [2.45, 2.75) is 26.2 Å². The van der Waals surface area contributed by atoms with Crippen molar-refractivity contribution in [2.24, 2.45) is 0 Å². The second kappa shape index (κ2) is 7.35. The Morgan fingerprint density at radius 2 is 2.03 bits per heavy atom. The van der Waals surface area contributed by atoms with Crippen molar-refractivity contribution in [2.75, 3.05) is 6.54 Å². The first-order valence-electron chi connectivity index (χ1n) is 10.0. The van der Waals surface area contributed by atoms with Gasteiger partial charge in [-0.05, 0) is 50.5 Å². The average molecular weight is 416 g/mol. The van der Waals surface area contributed by atoms with E-state index in [9.17, 15) is 9.59 Å². The maximum Gasteiger partial charge on any atom is 0.322 e. The van der Waals surface area contributed by atoms with Gasteiger partial charge in [0.25, 0.3) is 5.91 Å². The van der Waals surface area contributed by atoms with Crippen molar-refractivity contribution in [1.29, 1.82) is 0 Å². The third kappa shape index (κ3) is 3.33. The third-order valence-electron chi connectivity index (χ3n) is 5.38. The molecule has 4 aromatic heterocycles. The van der Waals surface area contributed by atoms with Crippen LogP contribution in [0.3, 0.4) is 0 Å². The number of rotatable bonds is 5. The van der Waals surface area contributed by atoms with E-state index in [4.69, 9.17) is 10.1 Å². The summed E-state index contributed by atoms with van der Waals surface area (Å²) in [4.78, 5) is 37.1. The fourth-order valence-electron chi connectivity index (χ4n) is 4.01. The lowest BCUT2D eigenvalue weighted by atomic mass is 10.2. The Morgan fingerprint density at radius 1 is 1.16 bits per heavy atom. The molecule has 0 saturated carbocycles. The van der Waals surface area contributed by atoms with Gasteiger partial charge in [-0.3, -0.25) is 18.6 Å². The number of carbonyl (C=O) groups excluding carboxylic acids is 1. The molecule has 4 aromatic rings. The molecule has 0 radical (unpaired) electrons. The summed E-state index contributed by atoms with van der Waals surface area (Å²) >= 11 is 0. The molecule has 0 bridgehead atoms. The van der Waals surface area contributed by atoms with Gasteiger partial charge in [0.2, 0.25) is 0 Å². The predicted octanol–water partition coefficient (Wildman–Crippen LogP) is 2.19. The van der Waals surface area contributed by atoms with Crippen LogP contribution in [0.4, 0.5) is 0 Å². The van der Waals surface area contributed by atoms with Crippen LogP contribution in [0.5, 0.6) is 0 Å². The van der Waals surface area contributed by atoms with Crippen molar-refractivity contribution in [3.63, 3.8) is 0 Å². The summed E-state index contributed by atoms with van der Waals surface area (Å²) in [6.07, 6.45) is 6.17. The minimum Gasteiger partial charge on any atom is -0.480 e. The molecule has 4 heterocycles. The molecule has 5 rings (SSSR count). The molecular weight excluding hydrogens is 396 g/mol. The van der Waals surface area contributed by atoms with Gasteiger partial charge in [0.1, 0.15) is 23.6 Å². The van der Waals surface area contributed by atoms with Crippen LogP contribution in [0.25, 0.3) is 22.9 Å². The van der Waals surface area contributed by atoms with E-state index in [1.54, 1.807) is 4.40 Å². The highest BCUT2D eigenvalue weighted by molar-refractivity contribution is 5.95. The molecule has 0 unspecified atom stereocenters. The molecule has 0 aliphatic heterocycles. The smallest absolute Gasteiger partial charge is 0.322 e. The van der Waals surface area contributed by atoms with Gasteiger partial charge in [-0.2, -0.15) is 0 Å². The molecule has 1 aliphatic rings. The lowest BCUT2D eigenvalue weighted by molar-refractivity contribution is -0.135. The van der Waals surface area contributed by atoms with E-state index in [0.717, 1.165) is 53.5 Å². The molecule has 0 fully saturated rings. The van der Waals surface area contributed by atoms with Crippen molar-refractivity contribution < 1.29 is 14.7 Å². The third-order valence-corrected chi connectivity index (χ3v) is 5.38. The van der Waals surface area contributed by atoms with Crippen LogP contribution in [0.15, 0.2) is 42.7 Å². The van der Waals surface area contributed by atoms with E-state index < -0.39 is 18.4 Å². The highest BCUT2D eigenvalue weighted by Gasteiger charge is 2.24. The maximum atomic E-state index is 12.5. The van der Waals surface area contributed by atoms with E-state index in [0.29, 0.717) is 5.65 Å². The highest BCUT2D eigenvalue weighted by Crippen LogP contribution is 2.31. The number of aliphatic carboxylic acids is 1. The average Bonchev–Trinajstić information content (AvgIpc) is 3.45. The lowest BCUT2D eigenvalue weighted by Crippen LogP contribution is -2.30. The minimum atomic E-state index is -1.10. The van der Waals surface area contributed by atoms with Crippen LogP contribution in [0.1, 0.15) is 34.0 Å². The normalized spacial score (nSPS) is 12.8. The van der Waals surface area contributed by atoms with Crippen LogP contribution in [0.2, 0.25) is 0 Å². The van der Waals surface area contributed by atoms with Crippen LogP contribution in [-0.2, 0) is 17.6 Å². The molecule has 31 heavy (non-hydrogen) atoms. The number of imidazole rings is 2. The Kier molecular flexibility index (Phi) is 4.50. The molecule has 0 saturated heterocycles. The number of aromatic nitrogens is 5. The number of fused-ring (bicyclic) bond motifs is 2. The topological polar surface area (TPSA) is 114 Å². The molecule has 0 spiro atoms. The monoisotopic (exact) mass is 416 g/mol. The second-order valence-corrected chi connectivity index (χ2v) is 7.52. The largest absolute Gasteiger partial charge is 0.480 e. The van der Waals surface area contributed by atoms with Crippen molar-refractivity contribution >= 4 is 17.5 Å². The first-order valence-corrected chi connectivity index (χ1v) is 10.0. The fourth-order valence-corrected chi connectivity index (χ4v) is 4.01. The molecule has 1 aliphatic carbocycles. The molecule has 1 amide bonds. The molecule has 156 valence electrons. The van der Waals surface area contributed by atoms with Gasteiger partial charge in [0, 0.05) is 17.6 Å². The summed E-state index contributed by atoms with van der Waals surface area (Å²) in [5.41, 5.74) is 5.63. The SMILES string of the molecule is Cc1cccc(-c2nc3c(n2-c2ccc4ncc(C(=O)NCC(=O)O)n4c2)CCC3)n1. The lowest BCUT2D eigenvalue weighted by Gasteiger charge is -2.12. The van der Waals surface area contributed by atoms with Gasteiger partial charge >= 0.3 is 5.97 Å². The highest BCUT2D eigenvalue weighted by atomic mass is 16.4. The predicted molar refractivity (Wildman–Crippen MR) is 112 cm³/mol. The first-order chi connectivity index (χ1) is 15.0. The quantitative estimate of drug-likeness (QED) is 0.515. The minimum absolute atomic E-state index is 0.269. The van der Waals surface area contributed by atoms with Gasteiger partial charge in [-0.1, -0.05) is 6.07 Å². The maximum absolute atomic E-state index is 12.5. The number of carboxylic acids is 1. The number of nitrogens with zero attached hydrogens (tertiary/aromatic N) is 5. The van der Waals surface area contributed by atoms with Crippen LogP contribution in [0, 0.1) is 6.92 Å². The Labute approximate surface area is 177 Å². The van der Waals surface area contributed by atoms with E-state index in [1.807, 2.05) is 43.5 Å². The summed E-state index contributed by atoms with van der Waals surface area (Å²) in [5, 5.41) is 11.2. The van der Waals surface area contributed by atoms with Crippen LogP contribution < -0.4 is 5.32 Å². The molecular formula is C22H20N6O3. The molecule has 9 heteroatoms. The Hall–Kier alpha value is -4.01. The zero-order valence-corrected chi connectivity index (χ0v) is 16.9. The summed E-state index contributed by atoms with van der Waals surface area (Å²) in [7, 11) is 0. The summed E-state index contributed by atoms with van der Waals surface area (Å²) in [5.74, 6) is -0.833. The van der Waals surface area contributed by atoms with Gasteiger partial charge in [-0.25, -0.2) is 15.0 Å². The van der Waals surface area contributed by atoms with Crippen molar-refractivity contribution in [3.05, 3.63) is 65.5 Å². The van der Waals surface area contributed by atoms with Gasteiger partial charge in [-0.15, -0.1) is 0 Å². The number of pyridine rings is 2.